The number of nitrogen functional groups attached to an aromatic ring is 1. The lowest BCUT2D eigenvalue weighted by molar-refractivity contribution is 0.0528. The largest absolute Gasteiger partial charge is 0.497 e. The quantitative estimate of drug-likeness (QED) is 0.699. The van der Waals surface area contributed by atoms with Crippen LogP contribution in [0, 0.1) is 11.8 Å². The van der Waals surface area contributed by atoms with Crippen molar-refractivity contribution in [2.24, 2.45) is 0 Å². The van der Waals surface area contributed by atoms with E-state index in [1.807, 2.05) is 24.3 Å². The van der Waals surface area contributed by atoms with Crippen LogP contribution in [0.4, 0.5) is 5.00 Å². The number of carbonyl (C=O) groups is 1. The van der Waals surface area contributed by atoms with E-state index in [1.54, 1.807) is 20.1 Å². The number of methoxy groups -OCH3 is 1. The van der Waals surface area contributed by atoms with Crippen molar-refractivity contribution in [3.05, 3.63) is 46.3 Å². The lowest BCUT2D eigenvalue weighted by Gasteiger charge is -1.98. The third-order valence-corrected chi connectivity index (χ3v) is 3.56. The van der Waals surface area contributed by atoms with E-state index in [9.17, 15) is 4.79 Å². The van der Waals surface area contributed by atoms with Gasteiger partial charge in [-0.25, -0.2) is 4.79 Å². The molecule has 0 bridgehead atoms. The Labute approximate surface area is 127 Å². The topological polar surface area (TPSA) is 61.5 Å². The number of hydrogen-bond donors (Lipinski definition) is 1. The highest BCUT2D eigenvalue weighted by atomic mass is 32.1. The monoisotopic (exact) mass is 301 g/mol. The number of rotatable bonds is 3. The molecule has 0 aliphatic carbocycles. The maximum absolute atomic E-state index is 11.7. The van der Waals surface area contributed by atoms with Gasteiger partial charge in [0.05, 0.1) is 24.2 Å². The number of esters is 1. The molecule has 0 amide bonds. The summed E-state index contributed by atoms with van der Waals surface area (Å²) < 4.78 is 10.0. The Balaban J connectivity index is 2.18. The standard InChI is InChI=1S/C16H15NO3S/c1-3-20-16(18)14-10-13(21-15(14)17)9-6-11-4-7-12(19-2)8-5-11/h4-5,7-8,10H,3,17H2,1-2H3. The van der Waals surface area contributed by atoms with Gasteiger partial charge in [0.2, 0.25) is 0 Å². The maximum atomic E-state index is 11.7. The minimum atomic E-state index is -0.413. The first kappa shape index (κ1) is 14.9. The minimum absolute atomic E-state index is 0.320. The molecule has 0 aliphatic heterocycles. The van der Waals surface area contributed by atoms with Gasteiger partial charge in [0.15, 0.2) is 0 Å². The number of hydrogen-bond acceptors (Lipinski definition) is 5. The van der Waals surface area contributed by atoms with E-state index in [-0.39, 0.29) is 0 Å². The van der Waals surface area contributed by atoms with Gasteiger partial charge in [-0.05, 0) is 37.3 Å². The van der Waals surface area contributed by atoms with E-state index < -0.39 is 5.97 Å². The van der Waals surface area contributed by atoms with Gasteiger partial charge in [0.1, 0.15) is 10.8 Å². The van der Waals surface area contributed by atoms with Gasteiger partial charge in [0.25, 0.3) is 0 Å². The predicted molar refractivity (Wildman–Crippen MR) is 83.7 cm³/mol. The van der Waals surface area contributed by atoms with Crippen molar-refractivity contribution >= 4 is 22.3 Å². The molecule has 0 unspecified atom stereocenters. The van der Waals surface area contributed by atoms with Crippen molar-refractivity contribution in [2.75, 3.05) is 19.5 Å². The third-order valence-electron chi connectivity index (χ3n) is 2.68. The number of nitrogens with two attached hydrogens (primary N) is 1. The molecule has 0 saturated carbocycles. The Morgan fingerprint density at radius 3 is 2.62 bits per heavy atom. The molecule has 0 aliphatic rings. The summed E-state index contributed by atoms with van der Waals surface area (Å²) in [6.07, 6.45) is 0. The molecule has 2 aromatic rings. The van der Waals surface area contributed by atoms with E-state index in [1.165, 1.54) is 11.3 Å². The van der Waals surface area contributed by atoms with Gasteiger partial charge in [-0.3, -0.25) is 0 Å². The molecule has 21 heavy (non-hydrogen) atoms. The molecule has 0 spiro atoms. The van der Waals surface area contributed by atoms with Crippen molar-refractivity contribution in [3.63, 3.8) is 0 Å². The summed E-state index contributed by atoms with van der Waals surface area (Å²) in [7, 11) is 1.62. The second kappa shape index (κ2) is 6.82. The van der Waals surface area contributed by atoms with Crippen LogP contribution in [0.5, 0.6) is 5.75 Å². The van der Waals surface area contributed by atoms with E-state index in [0.29, 0.717) is 17.2 Å². The summed E-state index contributed by atoms with van der Waals surface area (Å²) >= 11 is 1.27. The first-order valence-corrected chi connectivity index (χ1v) is 7.18. The number of ether oxygens (including phenoxy) is 2. The Morgan fingerprint density at radius 1 is 1.29 bits per heavy atom. The van der Waals surface area contributed by atoms with Crippen molar-refractivity contribution in [1.29, 1.82) is 0 Å². The van der Waals surface area contributed by atoms with Gasteiger partial charge in [-0.1, -0.05) is 11.8 Å². The van der Waals surface area contributed by atoms with Crippen molar-refractivity contribution < 1.29 is 14.3 Å². The van der Waals surface area contributed by atoms with Crippen LogP contribution in [-0.4, -0.2) is 19.7 Å². The van der Waals surface area contributed by atoms with Crippen molar-refractivity contribution in [1.82, 2.24) is 0 Å². The Hall–Kier alpha value is -2.45. The van der Waals surface area contributed by atoms with Crippen LogP contribution in [-0.2, 0) is 4.74 Å². The minimum Gasteiger partial charge on any atom is -0.497 e. The molecule has 0 saturated heterocycles. The van der Waals surface area contributed by atoms with Crippen LogP contribution in [0.3, 0.4) is 0 Å². The number of benzene rings is 1. The Morgan fingerprint density at radius 2 is 2.00 bits per heavy atom. The molecule has 2 N–H and O–H groups in total. The van der Waals surface area contributed by atoms with Crippen molar-refractivity contribution in [3.8, 4) is 17.6 Å². The van der Waals surface area contributed by atoms with Crippen LogP contribution in [0.1, 0.15) is 27.7 Å². The summed E-state index contributed by atoms with van der Waals surface area (Å²) in [5, 5.41) is 0.424. The first-order chi connectivity index (χ1) is 10.1. The molecule has 2 rings (SSSR count). The fraction of sp³-hybridized carbons (Fsp3) is 0.188. The van der Waals surface area contributed by atoms with E-state index >= 15 is 0 Å². The highest BCUT2D eigenvalue weighted by molar-refractivity contribution is 7.16. The molecule has 0 atom stereocenters. The average molecular weight is 301 g/mol. The van der Waals surface area contributed by atoms with Gasteiger partial charge in [-0.15, -0.1) is 11.3 Å². The molecule has 108 valence electrons. The lowest BCUT2D eigenvalue weighted by atomic mass is 10.2. The smallest absolute Gasteiger partial charge is 0.341 e. The molecule has 0 fully saturated rings. The summed E-state index contributed by atoms with van der Waals surface area (Å²) in [6, 6.07) is 9.09. The van der Waals surface area contributed by atoms with Gasteiger partial charge in [0, 0.05) is 5.56 Å². The summed E-state index contributed by atoms with van der Waals surface area (Å²) in [4.78, 5) is 12.4. The molecule has 4 nitrogen and oxygen atoms in total. The average Bonchev–Trinajstić information content (AvgIpc) is 2.87. The number of thiophene rings is 1. The summed E-state index contributed by atoms with van der Waals surface area (Å²) in [5.41, 5.74) is 7.05. The number of anilines is 1. The fourth-order valence-electron chi connectivity index (χ4n) is 1.64. The Kier molecular flexibility index (Phi) is 4.85. The molecule has 1 heterocycles. The molecule has 1 aromatic carbocycles. The van der Waals surface area contributed by atoms with Crippen LogP contribution in [0.15, 0.2) is 30.3 Å². The predicted octanol–water partition coefficient (Wildman–Crippen LogP) is 2.92. The van der Waals surface area contributed by atoms with Crippen LogP contribution >= 0.6 is 11.3 Å². The van der Waals surface area contributed by atoms with Crippen molar-refractivity contribution in [2.45, 2.75) is 6.92 Å². The third kappa shape index (κ3) is 3.77. The highest BCUT2D eigenvalue weighted by Crippen LogP contribution is 2.25. The van der Waals surface area contributed by atoms with Crippen LogP contribution in [0.2, 0.25) is 0 Å². The second-order valence-corrected chi connectivity index (χ2v) is 5.17. The fourth-order valence-corrected chi connectivity index (χ4v) is 2.41. The zero-order valence-electron chi connectivity index (χ0n) is 11.8. The zero-order chi connectivity index (χ0) is 15.2. The summed E-state index contributed by atoms with van der Waals surface area (Å²) in [6.45, 7) is 2.08. The van der Waals surface area contributed by atoms with Crippen LogP contribution < -0.4 is 10.5 Å². The molecule has 0 radical (unpaired) electrons. The maximum Gasteiger partial charge on any atom is 0.341 e. The van der Waals surface area contributed by atoms with Gasteiger partial charge < -0.3 is 15.2 Å². The molecule has 5 heteroatoms. The van der Waals surface area contributed by atoms with Gasteiger partial charge in [-0.2, -0.15) is 0 Å². The molecular formula is C16H15NO3S. The normalized spacial score (nSPS) is 9.62. The summed E-state index contributed by atoms with van der Waals surface area (Å²) in [5.74, 6) is 6.39. The van der Waals surface area contributed by atoms with E-state index in [2.05, 4.69) is 11.8 Å². The van der Waals surface area contributed by atoms with E-state index in [0.717, 1.165) is 16.2 Å². The second-order valence-electron chi connectivity index (χ2n) is 4.09. The SMILES string of the molecule is CCOC(=O)c1cc(C#Cc2ccc(OC)cc2)sc1N. The first-order valence-electron chi connectivity index (χ1n) is 6.36. The van der Waals surface area contributed by atoms with E-state index in [4.69, 9.17) is 15.2 Å². The zero-order valence-corrected chi connectivity index (χ0v) is 12.6. The molecular weight excluding hydrogens is 286 g/mol. The lowest BCUT2D eigenvalue weighted by Crippen LogP contribution is -2.05. The highest BCUT2D eigenvalue weighted by Gasteiger charge is 2.14. The number of carbonyl (C=O) groups excluding carboxylic acids is 1. The van der Waals surface area contributed by atoms with Crippen LogP contribution in [0.25, 0.3) is 0 Å². The Bertz CT molecular complexity index is 693. The van der Waals surface area contributed by atoms with Gasteiger partial charge >= 0.3 is 5.97 Å². The molecule has 1 aromatic heterocycles.